The van der Waals surface area contributed by atoms with Crippen molar-refractivity contribution in [3.63, 3.8) is 0 Å². The second-order valence-electron chi connectivity index (χ2n) is 10.1. The van der Waals surface area contributed by atoms with E-state index in [1.165, 1.54) is 16.8 Å². The van der Waals surface area contributed by atoms with Crippen LogP contribution in [0.1, 0.15) is 48.2 Å². The molecule has 0 atom stereocenters. The molecule has 0 aliphatic heterocycles. The Bertz CT molecular complexity index is 1170. The van der Waals surface area contributed by atoms with E-state index < -0.39 is 5.97 Å². The number of nitrogens with zero attached hydrogens (tertiary/aromatic N) is 5. The van der Waals surface area contributed by atoms with Crippen LogP contribution in [-0.2, 0) is 31.1 Å². The summed E-state index contributed by atoms with van der Waals surface area (Å²) in [6.45, 7) is 9.46. The number of fused-ring (bicyclic) bond motifs is 1. The zero-order valence-electron chi connectivity index (χ0n) is 20.4. The van der Waals surface area contributed by atoms with Crippen LogP contribution in [-0.4, -0.2) is 56.0 Å². The average Bonchev–Trinajstić information content (AvgIpc) is 3.31. The number of aryl methyl sites for hydroxylation is 3. The Kier molecular flexibility index (Phi) is 6.14. The largest absolute Gasteiger partial charge is 0.480 e. The average molecular weight is 452 g/mol. The van der Waals surface area contributed by atoms with Crippen molar-refractivity contribution in [2.24, 2.45) is 12.5 Å². The molecule has 2 aromatic heterocycles. The van der Waals surface area contributed by atoms with E-state index in [1.807, 2.05) is 23.7 Å². The van der Waals surface area contributed by atoms with Crippen LogP contribution in [0.25, 0.3) is 23.0 Å². The fraction of sp³-hybridized carbons (Fsp3) is 0.520. The Hall–Kier alpha value is -3.00. The number of carboxylic acids is 1. The molecule has 3 aromatic rings. The zero-order valence-corrected chi connectivity index (χ0v) is 20.4. The van der Waals surface area contributed by atoms with Gasteiger partial charge in [-0.05, 0) is 80.8 Å². The molecule has 0 radical (unpaired) electrons. The molecule has 0 fully saturated rings. The first-order chi connectivity index (χ1) is 15.5. The number of aliphatic carboxylic acids is 1. The second kappa shape index (κ2) is 8.74. The highest BCUT2D eigenvalue weighted by atomic mass is 16.5. The van der Waals surface area contributed by atoms with Gasteiger partial charge in [0.2, 0.25) is 5.82 Å². The second-order valence-corrected chi connectivity index (χ2v) is 10.1. The van der Waals surface area contributed by atoms with E-state index in [4.69, 9.17) is 19.7 Å². The Morgan fingerprint density at radius 2 is 1.97 bits per heavy atom. The topological polar surface area (TPSA) is 97.3 Å². The first-order valence-corrected chi connectivity index (χ1v) is 11.4. The first-order valence-electron chi connectivity index (χ1n) is 11.4. The van der Waals surface area contributed by atoms with Crippen LogP contribution >= 0.6 is 0 Å². The van der Waals surface area contributed by atoms with Crippen molar-refractivity contribution in [2.45, 2.75) is 53.4 Å². The molecular formula is C25H33N5O3. The molecule has 0 saturated heterocycles. The molecule has 0 unspecified atom stereocenters. The maximum Gasteiger partial charge on any atom is 0.317 e. The number of hydrogen-bond donors (Lipinski definition) is 1. The summed E-state index contributed by atoms with van der Waals surface area (Å²) in [5.41, 5.74) is 7.96. The highest BCUT2D eigenvalue weighted by molar-refractivity contribution is 5.69. The van der Waals surface area contributed by atoms with Crippen LogP contribution in [0.5, 0.6) is 0 Å². The van der Waals surface area contributed by atoms with Gasteiger partial charge in [0.25, 0.3) is 5.89 Å². The lowest BCUT2D eigenvalue weighted by Crippen LogP contribution is -2.27. The van der Waals surface area contributed by atoms with Crippen LogP contribution < -0.4 is 0 Å². The van der Waals surface area contributed by atoms with Crippen molar-refractivity contribution in [1.82, 2.24) is 24.8 Å². The van der Waals surface area contributed by atoms with Gasteiger partial charge in [-0.2, -0.15) is 10.1 Å². The Balaban J connectivity index is 1.57. The van der Waals surface area contributed by atoms with Gasteiger partial charge in [-0.15, -0.1) is 0 Å². The molecule has 0 saturated carbocycles. The third-order valence-corrected chi connectivity index (χ3v) is 6.70. The number of aromatic nitrogens is 4. The van der Waals surface area contributed by atoms with Crippen molar-refractivity contribution in [3.05, 3.63) is 40.1 Å². The van der Waals surface area contributed by atoms with Crippen molar-refractivity contribution in [1.29, 1.82) is 0 Å². The lowest BCUT2D eigenvalue weighted by atomic mass is 9.76. The van der Waals surface area contributed by atoms with Gasteiger partial charge in [-0.1, -0.05) is 19.0 Å². The molecule has 0 amide bonds. The number of carbonyl (C=O) groups is 1. The monoisotopic (exact) mass is 451 g/mol. The summed E-state index contributed by atoms with van der Waals surface area (Å²) >= 11 is 0. The van der Waals surface area contributed by atoms with Crippen LogP contribution in [0.15, 0.2) is 16.7 Å². The van der Waals surface area contributed by atoms with Crippen LogP contribution in [0, 0.1) is 19.3 Å². The minimum atomic E-state index is -0.813. The lowest BCUT2D eigenvalue weighted by Gasteiger charge is -2.29. The zero-order chi connectivity index (χ0) is 23.9. The molecule has 1 N–H and O–H groups in total. The highest BCUT2D eigenvalue weighted by Crippen LogP contribution is 2.38. The van der Waals surface area contributed by atoms with E-state index in [-0.39, 0.29) is 12.0 Å². The third kappa shape index (κ3) is 4.85. The number of carboxylic acid groups (broad SMARTS) is 1. The van der Waals surface area contributed by atoms with Gasteiger partial charge in [-0.25, -0.2) is 0 Å². The van der Waals surface area contributed by atoms with Gasteiger partial charge in [0.15, 0.2) is 5.69 Å². The van der Waals surface area contributed by atoms with Crippen molar-refractivity contribution in [2.75, 3.05) is 20.1 Å². The van der Waals surface area contributed by atoms with Gasteiger partial charge < -0.3 is 9.63 Å². The number of hydrogen-bond acceptors (Lipinski definition) is 6. The smallest absolute Gasteiger partial charge is 0.317 e. The molecule has 33 heavy (non-hydrogen) atoms. The SMILES string of the molecule is Cc1cc(-c2noc(-c3nn(C)c4c3CCC(C)(C)C4)n2)cc(C)c1CCN(C)CC(=O)O. The summed E-state index contributed by atoms with van der Waals surface area (Å²) < 4.78 is 7.62. The minimum absolute atomic E-state index is 0.0382. The third-order valence-electron chi connectivity index (χ3n) is 6.70. The predicted octanol–water partition coefficient (Wildman–Crippen LogP) is 3.83. The lowest BCUT2D eigenvalue weighted by molar-refractivity contribution is -0.137. The van der Waals surface area contributed by atoms with E-state index in [2.05, 4.69) is 45.0 Å². The van der Waals surface area contributed by atoms with E-state index >= 15 is 0 Å². The van der Waals surface area contributed by atoms with Crippen LogP contribution in [0.3, 0.4) is 0 Å². The molecule has 2 heterocycles. The van der Waals surface area contributed by atoms with E-state index in [0.29, 0.717) is 18.3 Å². The van der Waals surface area contributed by atoms with E-state index in [9.17, 15) is 4.79 Å². The van der Waals surface area contributed by atoms with Crippen molar-refractivity contribution in [3.8, 4) is 23.0 Å². The number of likely N-dealkylation sites (N-methyl/N-ethyl adjacent to an activating group) is 1. The normalized spacial score (nSPS) is 15.1. The molecule has 176 valence electrons. The summed E-state index contributed by atoms with van der Waals surface area (Å²) in [6, 6.07) is 4.15. The molecule has 1 aromatic carbocycles. The molecule has 4 rings (SSSR count). The van der Waals surface area contributed by atoms with Gasteiger partial charge in [0, 0.05) is 30.4 Å². The van der Waals surface area contributed by atoms with Crippen LogP contribution in [0.2, 0.25) is 0 Å². The van der Waals surface area contributed by atoms with Crippen LogP contribution in [0.4, 0.5) is 0 Å². The molecule has 0 bridgehead atoms. The highest BCUT2D eigenvalue weighted by Gasteiger charge is 2.32. The van der Waals surface area contributed by atoms with Crippen molar-refractivity contribution < 1.29 is 14.4 Å². The van der Waals surface area contributed by atoms with Gasteiger partial charge >= 0.3 is 5.97 Å². The first kappa shape index (κ1) is 23.2. The fourth-order valence-electron chi connectivity index (χ4n) is 4.83. The molecule has 8 heteroatoms. The summed E-state index contributed by atoms with van der Waals surface area (Å²) in [4.78, 5) is 17.4. The Morgan fingerprint density at radius 3 is 2.64 bits per heavy atom. The number of benzene rings is 1. The van der Waals surface area contributed by atoms with Gasteiger partial charge in [0.05, 0.1) is 6.54 Å². The Labute approximate surface area is 194 Å². The summed E-state index contributed by atoms with van der Waals surface area (Å²) in [5.74, 6) is 0.213. The standard InChI is InChI=1S/C25H33N5O3/c1-15-11-17(12-16(2)18(15)8-10-29(5)14-21(31)32)23-26-24(33-28-23)22-19-7-9-25(3,4)13-20(19)30(6)27-22/h11-12H,7-10,13-14H2,1-6H3,(H,31,32). The quantitative estimate of drug-likeness (QED) is 0.583. The number of rotatable bonds is 7. The summed E-state index contributed by atoms with van der Waals surface area (Å²) in [5, 5.41) is 17.9. The van der Waals surface area contributed by atoms with E-state index in [1.54, 1.807) is 0 Å². The molecule has 1 aliphatic carbocycles. The maximum absolute atomic E-state index is 10.9. The fourth-order valence-corrected chi connectivity index (χ4v) is 4.83. The van der Waals surface area contributed by atoms with E-state index in [0.717, 1.165) is 48.1 Å². The molecule has 0 spiro atoms. The van der Waals surface area contributed by atoms with Crippen molar-refractivity contribution >= 4 is 5.97 Å². The molecule has 8 nitrogen and oxygen atoms in total. The minimum Gasteiger partial charge on any atom is -0.480 e. The summed E-state index contributed by atoms with van der Waals surface area (Å²) in [7, 11) is 3.81. The van der Waals surface area contributed by atoms with Gasteiger partial charge in [-0.3, -0.25) is 14.4 Å². The Morgan fingerprint density at radius 1 is 1.27 bits per heavy atom. The summed E-state index contributed by atoms with van der Waals surface area (Å²) in [6.07, 6.45) is 3.86. The predicted molar refractivity (Wildman–Crippen MR) is 126 cm³/mol. The molecular weight excluding hydrogens is 418 g/mol. The molecule has 1 aliphatic rings. The van der Waals surface area contributed by atoms with Gasteiger partial charge in [0.1, 0.15) is 0 Å². The maximum atomic E-state index is 10.9.